The highest BCUT2D eigenvalue weighted by molar-refractivity contribution is 5.91. The molecule has 1 heterocycles. The van der Waals surface area contributed by atoms with Gasteiger partial charge in [-0.15, -0.1) is 12.4 Å². The maximum Gasteiger partial charge on any atom is 0.227 e. The van der Waals surface area contributed by atoms with E-state index in [4.69, 9.17) is 5.73 Å². The highest BCUT2D eigenvalue weighted by atomic mass is 35.5. The molecule has 1 saturated carbocycles. The minimum absolute atomic E-state index is 0. The zero-order valence-corrected chi connectivity index (χ0v) is 12.0. The zero-order valence-electron chi connectivity index (χ0n) is 11.1. The number of aromatic nitrogens is 2. The maximum atomic E-state index is 12.0. The van der Waals surface area contributed by atoms with E-state index in [1.165, 1.54) is 0 Å². The van der Waals surface area contributed by atoms with E-state index < -0.39 is 0 Å². The number of fused-ring (bicyclic) bond motifs is 1. The Bertz CT molecular complexity index is 565. The van der Waals surface area contributed by atoms with Gasteiger partial charge in [0, 0.05) is 12.5 Å². The molecule has 1 aliphatic rings. The molecule has 1 aromatic heterocycles. The van der Waals surface area contributed by atoms with Crippen LogP contribution in [0.2, 0.25) is 0 Å². The number of hydrogen-bond donors (Lipinski definition) is 3. The summed E-state index contributed by atoms with van der Waals surface area (Å²) < 4.78 is 0. The second-order valence-corrected chi connectivity index (χ2v) is 5.21. The molecule has 2 atom stereocenters. The van der Waals surface area contributed by atoms with Crippen LogP contribution >= 0.6 is 12.4 Å². The molecule has 1 aromatic carbocycles. The van der Waals surface area contributed by atoms with Gasteiger partial charge in [0.25, 0.3) is 0 Å². The first-order valence-corrected chi connectivity index (χ1v) is 6.72. The molecular weight excluding hydrogens is 276 g/mol. The van der Waals surface area contributed by atoms with Crippen LogP contribution in [0.5, 0.6) is 0 Å². The molecule has 0 aliphatic heterocycles. The van der Waals surface area contributed by atoms with E-state index in [-0.39, 0.29) is 24.4 Å². The van der Waals surface area contributed by atoms with Crippen molar-refractivity contribution in [2.75, 3.05) is 5.32 Å². The van der Waals surface area contributed by atoms with E-state index in [9.17, 15) is 4.79 Å². The van der Waals surface area contributed by atoms with Crippen LogP contribution in [0, 0.1) is 5.92 Å². The Labute approximate surface area is 123 Å². The monoisotopic (exact) mass is 294 g/mol. The number of nitrogens with zero attached hydrogens (tertiary/aromatic N) is 1. The standard InChI is InChI=1S/C14H18N4O.ClH/c15-10-5-3-4-9(10)8-13(19)18-14-16-11-6-1-2-7-12(11)17-14;/h1-2,6-7,9-10H,3-5,8,15H2,(H2,16,17,18,19);1H/t9-,10+;/m0./s1. The van der Waals surface area contributed by atoms with Crippen molar-refractivity contribution in [2.45, 2.75) is 31.7 Å². The van der Waals surface area contributed by atoms with Crippen molar-refractivity contribution in [3.05, 3.63) is 24.3 Å². The van der Waals surface area contributed by atoms with Crippen LogP contribution in [0.3, 0.4) is 0 Å². The molecule has 6 heteroatoms. The molecule has 3 rings (SSSR count). The fourth-order valence-corrected chi connectivity index (χ4v) is 2.75. The third-order valence-corrected chi connectivity index (χ3v) is 3.81. The second-order valence-electron chi connectivity index (χ2n) is 5.21. The highest BCUT2D eigenvalue weighted by Gasteiger charge is 2.26. The average Bonchev–Trinajstić information content (AvgIpc) is 2.95. The van der Waals surface area contributed by atoms with Crippen molar-refractivity contribution in [3.63, 3.8) is 0 Å². The van der Waals surface area contributed by atoms with Gasteiger partial charge < -0.3 is 10.7 Å². The van der Waals surface area contributed by atoms with Gasteiger partial charge in [-0.2, -0.15) is 0 Å². The summed E-state index contributed by atoms with van der Waals surface area (Å²) in [5.41, 5.74) is 7.76. The van der Waals surface area contributed by atoms with Crippen LogP contribution in [0.4, 0.5) is 5.95 Å². The van der Waals surface area contributed by atoms with Crippen LogP contribution in [-0.4, -0.2) is 21.9 Å². The molecule has 108 valence electrons. The smallest absolute Gasteiger partial charge is 0.227 e. The van der Waals surface area contributed by atoms with Gasteiger partial charge in [0.15, 0.2) is 0 Å². The Balaban J connectivity index is 0.00000147. The number of halogens is 1. The van der Waals surface area contributed by atoms with Crippen molar-refractivity contribution in [1.29, 1.82) is 0 Å². The molecule has 0 spiro atoms. The molecule has 1 aliphatic carbocycles. The summed E-state index contributed by atoms with van der Waals surface area (Å²) in [6.45, 7) is 0. The van der Waals surface area contributed by atoms with E-state index in [1.807, 2.05) is 24.3 Å². The summed E-state index contributed by atoms with van der Waals surface area (Å²) in [6, 6.07) is 7.87. The molecule has 0 unspecified atom stereocenters. The number of H-pyrrole nitrogens is 1. The van der Waals surface area contributed by atoms with Gasteiger partial charge in [-0.05, 0) is 30.9 Å². The Kier molecular flexibility index (Phi) is 4.62. The quantitative estimate of drug-likeness (QED) is 0.813. The van der Waals surface area contributed by atoms with Gasteiger partial charge in [0.05, 0.1) is 11.0 Å². The lowest BCUT2D eigenvalue weighted by Gasteiger charge is -2.13. The van der Waals surface area contributed by atoms with Crippen molar-refractivity contribution >= 4 is 35.3 Å². The summed E-state index contributed by atoms with van der Waals surface area (Å²) in [6.07, 6.45) is 3.69. The molecule has 2 aromatic rings. The first kappa shape index (κ1) is 14.8. The molecular formula is C14H19ClN4O. The Hall–Kier alpha value is -1.59. The number of hydrogen-bond acceptors (Lipinski definition) is 3. The number of benzene rings is 1. The summed E-state index contributed by atoms with van der Waals surface area (Å²) in [4.78, 5) is 19.4. The van der Waals surface area contributed by atoms with Crippen molar-refractivity contribution in [2.24, 2.45) is 11.7 Å². The van der Waals surface area contributed by atoms with Crippen molar-refractivity contribution in [3.8, 4) is 0 Å². The lowest BCUT2D eigenvalue weighted by molar-refractivity contribution is -0.117. The molecule has 1 amide bonds. The first-order valence-electron chi connectivity index (χ1n) is 6.72. The predicted octanol–water partition coefficient (Wildman–Crippen LogP) is 2.44. The lowest BCUT2D eigenvalue weighted by atomic mass is 10.00. The van der Waals surface area contributed by atoms with E-state index in [0.29, 0.717) is 18.3 Å². The number of carbonyl (C=O) groups is 1. The van der Waals surface area contributed by atoms with Crippen LogP contribution < -0.4 is 11.1 Å². The Morgan fingerprint density at radius 3 is 2.90 bits per heavy atom. The van der Waals surface area contributed by atoms with Gasteiger partial charge in [-0.3, -0.25) is 10.1 Å². The van der Waals surface area contributed by atoms with E-state index in [0.717, 1.165) is 30.3 Å². The molecule has 0 bridgehead atoms. The van der Waals surface area contributed by atoms with Crippen LogP contribution in [0.25, 0.3) is 11.0 Å². The normalized spacial score (nSPS) is 21.6. The van der Waals surface area contributed by atoms with Gasteiger partial charge in [-0.1, -0.05) is 18.6 Å². The second kappa shape index (κ2) is 6.24. The summed E-state index contributed by atoms with van der Waals surface area (Å²) in [7, 11) is 0. The van der Waals surface area contributed by atoms with Gasteiger partial charge >= 0.3 is 0 Å². The number of aromatic amines is 1. The van der Waals surface area contributed by atoms with Crippen molar-refractivity contribution < 1.29 is 4.79 Å². The van der Waals surface area contributed by atoms with Gasteiger partial charge in [-0.25, -0.2) is 4.98 Å². The van der Waals surface area contributed by atoms with Crippen molar-refractivity contribution in [1.82, 2.24) is 9.97 Å². The van der Waals surface area contributed by atoms with Crippen LogP contribution in [-0.2, 0) is 4.79 Å². The molecule has 4 N–H and O–H groups in total. The number of nitrogens with one attached hydrogen (secondary N) is 2. The van der Waals surface area contributed by atoms with E-state index >= 15 is 0 Å². The minimum Gasteiger partial charge on any atom is -0.327 e. The highest BCUT2D eigenvalue weighted by Crippen LogP contribution is 2.27. The average molecular weight is 295 g/mol. The van der Waals surface area contributed by atoms with Crippen LogP contribution in [0.15, 0.2) is 24.3 Å². The number of amides is 1. The summed E-state index contributed by atoms with van der Waals surface area (Å²) >= 11 is 0. The fourth-order valence-electron chi connectivity index (χ4n) is 2.75. The minimum atomic E-state index is -0.0126. The van der Waals surface area contributed by atoms with E-state index in [2.05, 4.69) is 15.3 Å². The predicted molar refractivity (Wildman–Crippen MR) is 81.9 cm³/mol. The number of nitrogens with two attached hydrogens (primary N) is 1. The third kappa shape index (κ3) is 3.11. The molecule has 1 fully saturated rings. The van der Waals surface area contributed by atoms with E-state index in [1.54, 1.807) is 0 Å². The number of imidazole rings is 1. The third-order valence-electron chi connectivity index (χ3n) is 3.81. The number of para-hydroxylation sites is 2. The van der Waals surface area contributed by atoms with Gasteiger partial charge in [0.2, 0.25) is 11.9 Å². The van der Waals surface area contributed by atoms with Crippen LogP contribution in [0.1, 0.15) is 25.7 Å². The summed E-state index contributed by atoms with van der Waals surface area (Å²) in [5, 5.41) is 2.82. The Morgan fingerprint density at radius 1 is 1.40 bits per heavy atom. The topological polar surface area (TPSA) is 83.8 Å². The maximum absolute atomic E-state index is 12.0. The largest absolute Gasteiger partial charge is 0.327 e. The lowest BCUT2D eigenvalue weighted by Crippen LogP contribution is -2.28. The SMILES string of the molecule is Cl.N[C@@H]1CCC[C@H]1CC(=O)Nc1nc2ccccc2[nH]1. The molecule has 0 saturated heterocycles. The first-order chi connectivity index (χ1) is 9.22. The number of carbonyl (C=O) groups excluding carboxylic acids is 1. The molecule has 0 radical (unpaired) electrons. The number of anilines is 1. The Morgan fingerprint density at radius 2 is 2.20 bits per heavy atom. The molecule has 5 nitrogen and oxygen atoms in total. The number of rotatable bonds is 3. The molecule has 20 heavy (non-hydrogen) atoms. The van der Waals surface area contributed by atoms with Gasteiger partial charge in [0.1, 0.15) is 0 Å². The fraction of sp³-hybridized carbons (Fsp3) is 0.429. The summed E-state index contributed by atoms with van der Waals surface area (Å²) in [5.74, 6) is 0.809. The zero-order chi connectivity index (χ0) is 13.2.